The maximum atomic E-state index is 14.5. The van der Waals surface area contributed by atoms with Crippen molar-refractivity contribution >= 4 is 12.6 Å². The fourth-order valence-electron chi connectivity index (χ4n) is 4.24. The summed E-state index contributed by atoms with van der Waals surface area (Å²) in [5, 5.41) is 0. The Bertz CT molecular complexity index is 978. The molecule has 2 unspecified atom stereocenters. The monoisotopic (exact) mass is 399 g/mol. The van der Waals surface area contributed by atoms with Gasteiger partial charge in [0.05, 0.1) is 11.2 Å². The Kier molecular flexibility index (Phi) is 4.10. The summed E-state index contributed by atoms with van der Waals surface area (Å²) in [5.41, 5.74) is 1.79. The van der Waals surface area contributed by atoms with Crippen LogP contribution in [0.1, 0.15) is 56.7 Å². The molecular formula is C22H24BF2NO3. The molecule has 1 aromatic heterocycles. The molecule has 7 heteroatoms. The minimum atomic E-state index is -0.899. The van der Waals surface area contributed by atoms with E-state index in [-0.39, 0.29) is 17.6 Å². The van der Waals surface area contributed by atoms with Crippen molar-refractivity contribution in [1.82, 2.24) is 4.98 Å². The highest BCUT2D eigenvalue weighted by Crippen LogP contribution is 2.56. The van der Waals surface area contributed by atoms with Crippen LogP contribution in [0, 0.1) is 17.6 Å². The van der Waals surface area contributed by atoms with Crippen LogP contribution in [0.4, 0.5) is 8.78 Å². The number of ether oxygens (including phenoxy) is 1. The molecule has 2 fully saturated rings. The third kappa shape index (κ3) is 3.15. The Labute approximate surface area is 169 Å². The molecule has 0 N–H and O–H groups in total. The Balaban J connectivity index is 1.35. The fourth-order valence-corrected chi connectivity index (χ4v) is 4.24. The number of rotatable bonds is 4. The second-order valence-electron chi connectivity index (χ2n) is 9.37. The van der Waals surface area contributed by atoms with Crippen LogP contribution in [-0.4, -0.2) is 23.3 Å². The predicted octanol–water partition coefficient (Wildman–Crippen LogP) is 3.90. The van der Waals surface area contributed by atoms with Gasteiger partial charge in [-0.3, -0.25) is 0 Å². The normalized spacial score (nSPS) is 25.7. The van der Waals surface area contributed by atoms with Gasteiger partial charge in [0.1, 0.15) is 18.2 Å². The molecule has 0 bridgehead atoms. The molecule has 2 heterocycles. The molecule has 4 nitrogen and oxygen atoms in total. The van der Waals surface area contributed by atoms with Crippen LogP contribution < -0.4 is 10.2 Å². The second-order valence-corrected chi connectivity index (χ2v) is 9.37. The van der Waals surface area contributed by atoms with Gasteiger partial charge in [-0.05, 0) is 69.6 Å². The topological polar surface area (TPSA) is 40.6 Å². The molecule has 1 saturated heterocycles. The van der Waals surface area contributed by atoms with Gasteiger partial charge in [0, 0.05) is 29.4 Å². The molecule has 1 saturated carbocycles. The van der Waals surface area contributed by atoms with E-state index in [1.54, 1.807) is 0 Å². The molecule has 0 spiro atoms. The number of hydrogen-bond acceptors (Lipinski definition) is 4. The van der Waals surface area contributed by atoms with Crippen molar-refractivity contribution in [2.24, 2.45) is 5.92 Å². The van der Waals surface area contributed by atoms with Gasteiger partial charge in [0.15, 0.2) is 0 Å². The lowest BCUT2D eigenvalue weighted by molar-refractivity contribution is 0.00578. The first-order valence-electron chi connectivity index (χ1n) is 10.1. The highest BCUT2D eigenvalue weighted by molar-refractivity contribution is 6.62. The van der Waals surface area contributed by atoms with Crippen LogP contribution in [0.3, 0.4) is 0 Å². The smallest absolute Gasteiger partial charge is 0.473 e. The quantitative estimate of drug-likeness (QED) is 0.732. The summed E-state index contributed by atoms with van der Waals surface area (Å²) in [6, 6.07) is 4.23. The minimum Gasteiger partial charge on any atom is -0.473 e. The summed E-state index contributed by atoms with van der Waals surface area (Å²) in [5.74, 6) is 0.540. The lowest BCUT2D eigenvalue weighted by Gasteiger charge is -2.32. The van der Waals surface area contributed by atoms with Gasteiger partial charge in [-0.1, -0.05) is 0 Å². The van der Waals surface area contributed by atoms with Crippen LogP contribution in [0.25, 0.3) is 0 Å². The zero-order valence-electron chi connectivity index (χ0n) is 17.1. The van der Waals surface area contributed by atoms with Crippen LogP contribution in [0.15, 0.2) is 24.4 Å². The van der Waals surface area contributed by atoms with Crippen molar-refractivity contribution in [1.29, 1.82) is 0 Å². The summed E-state index contributed by atoms with van der Waals surface area (Å²) in [7, 11) is -0.899. The summed E-state index contributed by atoms with van der Waals surface area (Å²) in [6.07, 6.45) is 4.20. The van der Waals surface area contributed by atoms with Crippen LogP contribution >= 0.6 is 0 Å². The Morgan fingerprint density at radius 3 is 2.55 bits per heavy atom. The first kappa shape index (κ1) is 19.0. The molecule has 5 rings (SSSR count). The Hall–Kier alpha value is -1.99. The van der Waals surface area contributed by atoms with Crippen molar-refractivity contribution in [2.75, 3.05) is 0 Å². The number of hydrogen-bond donors (Lipinski definition) is 0. The average molecular weight is 399 g/mol. The Morgan fingerprint density at radius 2 is 1.83 bits per heavy atom. The molecule has 2 aliphatic carbocycles. The number of benzene rings is 1. The van der Waals surface area contributed by atoms with E-state index in [0.29, 0.717) is 11.8 Å². The van der Waals surface area contributed by atoms with Crippen LogP contribution in [-0.2, 0) is 22.3 Å². The third-order valence-corrected chi connectivity index (χ3v) is 6.85. The Morgan fingerprint density at radius 1 is 1.10 bits per heavy atom. The molecular weight excluding hydrogens is 375 g/mol. The standard InChI is InChI=1S/C22H24BF2NO3/c1-21(2)22(3,4)29-23(28-21)17-7-14(18(24)9-19(17)25)11-27-20-8-13-5-12-6-15(12)16(13)10-26-20/h7-10,12,15H,5-6,11H2,1-4H3. The first-order chi connectivity index (χ1) is 13.6. The SMILES string of the molecule is CC1(C)OB(c2cc(COc3cc4c(cn3)C3CC3C4)c(F)cc2F)OC1(C)C. The van der Waals surface area contributed by atoms with E-state index in [1.165, 1.54) is 23.6 Å². The van der Waals surface area contributed by atoms with E-state index in [1.807, 2.05) is 40.0 Å². The molecule has 2 aromatic rings. The average Bonchev–Trinajstić information content (AvgIpc) is 3.24. The molecule has 2 atom stereocenters. The molecule has 1 aliphatic heterocycles. The zero-order valence-corrected chi connectivity index (χ0v) is 17.1. The van der Waals surface area contributed by atoms with Gasteiger partial charge >= 0.3 is 7.12 Å². The van der Waals surface area contributed by atoms with Crippen LogP contribution in [0.2, 0.25) is 0 Å². The van der Waals surface area contributed by atoms with Gasteiger partial charge in [0.2, 0.25) is 5.88 Å². The molecule has 152 valence electrons. The van der Waals surface area contributed by atoms with E-state index in [0.717, 1.165) is 18.4 Å². The van der Waals surface area contributed by atoms with E-state index in [4.69, 9.17) is 14.0 Å². The molecule has 0 amide bonds. The van der Waals surface area contributed by atoms with Crippen molar-refractivity contribution in [2.45, 2.75) is 64.3 Å². The summed E-state index contributed by atoms with van der Waals surface area (Å²) in [4.78, 5) is 4.36. The lowest BCUT2D eigenvalue weighted by atomic mass is 9.78. The van der Waals surface area contributed by atoms with Gasteiger partial charge in [-0.25, -0.2) is 13.8 Å². The number of fused-ring (bicyclic) bond motifs is 3. The molecule has 29 heavy (non-hydrogen) atoms. The van der Waals surface area contributed by atoms with Crippen molar-refractivity contribution in [3.05, 3.63) is 52.7 Å². The van der Waals surface area contributed by atoms with Gasteiger partial charge in [0.25, 0.3) is 0 Å². The summed E-state index contributed by atoms with van der Waals surface area (Å²) < 4.78 is 46.4. The molecule has 0 radical (unpaired) electrons. The number of halogens is 2. The lowest BCUT2D eigenvalue weighted by Crippen LogP contribution is -2.41. The van der Waals surface area contributed by atoms with E-state index in [9.17, 15) is 8.78 Å². The third-order valence-electron chi connectivity index (χ3n) is 6.85. The highest BCUT2D eigenvalue weighted by Gasteiger charge is 2.52. The number of pyridine rings is 1. The van der Waals surface area contributed by atoms with Gasteiger partial charge in [-0.2, -0.15) is 0 Å². The number of nitrogens with zero attached hydrogens (tertiary/aromatic N) is 1. The zero-order chi connectivity index (χ0) is 20.6. The maximum Gasteiger partial charge on any atom is 0.497 e. The first-order valence-corrected chi connectivity index (χ1v) is 10.1. The second kappa shape index (κ2) is 6.25. The van der Waals surface area contributed by atoms with E-state index in [2.05, 4.69) is 4.98 Å². The van der Waals surface area contributed by atoms with Crippen molar-refractivity contribution in [3.8, 4) is 5.88 Å². The van der Waals surface area contributed by atoms with Crippen molar-refractivity contribution < 1.29 is 22.8 Å². The minimum absolute atomic E-state index is 0.0444. The van der Waals surface area contributed by atoms with Crippen molar-refractivity contribution in [3.63, 3.8) is 0 Å². The maximum absolute atomic E-state index is 14.5. The van der Waals surface area contributed by atoms with Gasteiger partial charge < -0.3 is 14.0 Å². The predicted molar refractivity (Wildman–Crippen MR) is 105 cm³/mol. The molecule has 1 aromatic carbocycles. The van der Waals surface area contributed by atoms with Crippen LogP contribution in [0.5, 0.6) is 5.88 Å². The fraction of sp³-hybridized carbons (Fsp3) is 0.500. The van der Waals surface area contributed by atoms with E-state index < -0.39 is 30.0 Å². The summed E-state index contributed by atoms with van der Waals surface area (Å²) >= 11 is 0. The highest BCUT2D eigenvalue weighted by atomic mass is 19.1. The van der Waals surface area contributed by atoms with Gasteiger partial charge in [-0.15, -0.1) is 0 Å². The van der Waals surface area contributed by atoms with E-state index >= 15 is 0 Å². The molecule has 3 aliphatic rings. The summed E-state index contributed by atoms with van der Waals surface area (Å²) in [6.45, 7) is 7.52. The largest absolute Gasteiger partial charge is 0.497 e. The number of aromatic nitrogens is 1.